The predicted molar refractivity (Wildman–Crippen MR) is 61.7 cm³/mol. The van der Waals surface area contributed by atoms with Gasteiger partial charge in [0.1, 0.15) is 11.5 Å². The Morgan fingerprint density at radius 2 is 2.00 bits per heavy atom. The van der Waals surface area contributed by atoms with Gasteiger partial charge in [-0.15, -0.1) is 0 Å². The van der Waals surface area contributed by atoms with Gasteiger partial charge in [0.25, 0.3) is 6.01 Å². The molecule has 0 spiro atoms. The first-order chi connectivity index (χ1) is 7.74. The van der Waals surface area contributed by atoms with E-state index in [1.54, 1.807) is 0 Å². The number of benzene rings is 1. The van der Waals surface area contributed by atoms with E-state index in [-0.39, 0.29) is 12.6 Å². The second-order valence-corrected chi connectivity index (χ2v) is 3.53. The summed E-state index contributed by atoms with van der Waals surface area (Å²) in [5.41, 5.74) is 8.14. The van der Waals surface area contributed by atoms with Crippen molar-refractivity contribution < 1.29 is 9.52 Å². The van der Waals surface area contributed by atoms with Crippen LogP contribution in [-0.4, -0.2) is 10.1 Å². The van der Waals surface area contributed by atoms with Crippen molar-refractivity contribution in [3.05, 3.63) is 35.6 Å². The third-order valence-electron chi connectivity index (χ3n) is 2.44. The molecule has 0 amide bonds. The van der Waals surface area contributed by atoms with Crippen LogP contribution in [0.4, 0.5) is 6.01 Å². The van der Waals surface area contributed by atoms with E-state index in [4.69, 9.17) is 15.3 Å². The monoisotopic (exact) mass is 218 g/mol. The van der Waals surface area contributed by atoms with Crippen molar-refractivity contribution in [3.63, 3.8) is 0 Å². The van der Waals surface area contributed by atoms with Gasteiger partial charge < -0.3 is 15.3 Å². The van der Waals surface area contributed by atoms with Gasteiger partial charge >= 0.3 is 0 Å². The molecule has 1 aromatic heterocycles. The first-order valence-electron chi connectivity index (χ1n) is 5.20. The maximum Gasteiger partial charge on any atom is 0.292 e. The first-order valence-corrected chi connectivity index (χ1v) is 5.20. The molecule has 3 N–H and O–H groups in total. The third kappa shape index (κ3) is 1.92. The molecule has 4 nitrogen and oxygen atoms in total. The fraction of sp³-hybridized carbons (Fsp3) is 0.250. The molecule has 2 aromatic rings. The largest absolute Gasteiger partial charge is 0.428 e. The van der Waals surface area contributed by atoms with E-state index < -0.39 is 0 Å². The quantitative estimate of drug-likeness (QED) is 0.826. The van der Waals surface area contributed by atoms with Crippen LogP contribution in [0.5, 0.6) is 0 Å². The second-order valence-electron chi connectivity index (χ2n) is 3.53. The number of aryl methyl sites for hydroxylation is 1. The lowest BCUT2D eigenvalue weighted by Crippen LogP contribution is -1.87. The lowest BCUT2D eigenvalue weighted by molar-refractivity contribution is 0.282. The van der Waals surface area contributed by atoms with E-state index in [2.05, 4.69) is 4.98 Å². The van der Waals surface area contributed by atoms with Crippen LogP contribution in [0.1, 0.15) is 18.2 Å². The molecule has 0 fully saturated rings. The molecule has 0 aliphatic heterocycles. The number of aromatic nitrogens is 1. The van der Waals surface area contributed by atoms with E-state index in [9.17, 15) is 0 Å². The standard InChI is InChI=1S/C12H14N2O2/c1-2-10-11(14-12(13)16-10)9-5-3-8(7-15)4-6-9/h3-6,15H,2,7H2,1H3,(H2,13,14). The number of hydrogen-bond donors (Lipinski definition) is 2. The van der Waals surface area contributed by atoms with E-state index in [1.807, 2.05) is 31.2 Å². The summed E-state index contributed by atoms with van der Waals surface area (Å²) in [6.45, 7) is 2.04. The average molecular weight is 218 g/mol. The van der Waals surface area contributed by atoms with Gasteiger partial charge in [-0.1, -0.05) is 31.2 Å². The van der Waals surface area contributed by atoms with Crippen LogP contribution < -0.4 is 5.73 Å². The number of rotatable bonds is 3. The highest BCUT2D eigenvalue weighted by atomic mass is 16.4. The van der Waals surface area contributed by atoms with Crippen LogP contribution in [-0.2, 0) is 13.0 Å². The number of aliphatic hydroxyl groups is 1. The summed E-state index contributed by atoms with van der Waals surface area (Å²) in [5, 5.41) is 8.95. The van der Waals surface area contributed by atoms with Crippen LogP contribution in [0.3, 0.4) is 0 Å². The van der Waals surface area contributed by atoms with Gasteiger partial charge in [0.15, 0.2) is 0 Å². The van der Waals surface area contributed by atoms with E-state index >= 15 is 0 Å². The van der Waals surface area contributed by atoms with Gasteiger partial charge in [-0.25, -0.2) is 0 Å². The van der Waals surface area contributed by atoms with Crippen LogP contribution in [0, 0.1) is 0 Å². The minimum absolute atomic E-state index is 0.0435. The smallest absolute Gasteiger partial charge is 0.292 e. The topological polar surface area (TPSA) is 72.3 Å². The molecule has 1 heterocycles. The zero-order valence-corrected chi connectivity index (χ0v) is 9.10. The van der Waals surface area contributed by atoms with Crippen LogP contribution in [0.15, 0.2) is 28.7 Å². The first kappa shape index (κ1) is 10.7. The number of aliphatic hydroxyl groups excluding tert-OH is 1. The lowest BCUT2D eigenvalue weighted by atomic mass is 10.1. The SMILES string of the molecule is CCc1oc(N)nc1-c1ccc(CO)cc1. The molecule has 16 heavy (non-hydrogen) atoms. The van der Waals surface area contributed by atoms with E-state index in [1.165, 1.54) is 0 Å². The molecule has 0 radical (unpaired) electrons. The maximum atomic E-state index is 8.95. The van der Waals surface area contributed by atoms with Crippen molar-refractivity contribution in [3.8, 4) is 11.3 Å². The number of oxazole rings is 1. The molecule has 0 unspecified atom stereocenters. The average Bonchev–Trinajstić information content (AvgIpc) is 2.70. The molecule has 0 bridgehead atoms. The number of hydrogen-bond acceptors (Lipinski definition) is 4. The van der Waals surface area contributed by atoms with Crippen LogP contribution in [0.25, 0.3) is 11.3 Å². The molecule has 84 valence electrons. The van der Waals surface area contributed by atoms with Crippen LogP contribution in [0.2, 0.25) is 0 Å². The normalized spacial score (nSPS) is 10.6. The van der Waals surface area contributed by atoms with Crippen molar-refractivity contribution >= 4 is 6.01 Å². The molecule has 0 atom stereocenters. The van der Waals surface area contributed by atoms with Crippen LogP contribution >= 0.6 is 0 Å². The molecule has 1 aromatic carbocycles. The van der Waals surface area contributed by atoms with Crippen molar-refractivity contribution in [2.24, 2.45) is 0 Å². The Bertz CT molecular complexity index is 474. The summed E-state index contributed by atoms with van der Waals surface area (Å²) in [7, 11) is 0. The fourth-order valence-corrected chi connectivity index (χ4v) is 1.60. The second kappa shape index (κ2) is 4.37. The number of nitrogens with zero attached hydrogens (tertiary/aromatic N) is 1. The van der Waals surface area contributed by atoms with Gasteiger partial charge in [-0.05, 0) is 5.56 Å². The van der Waals surface area contributed by atoms with Gasteiger partial charge in [0, 0.05) is 12.0 Å². The Morgan fingerprint density at radius 1 is 1.31 bits per heavy atom. The Morgan fingerprint density at radius 3 is 2.56 bits per heavy atom. The van der Waals surface area contributed by atoms with Crippen molar-refractivity contribution in [1.82, 2.24) is 4.98 Å². The number of anilines is 1. The van der Waals surface area contributed by atoms with E-state index in [0.29, 0.717) is 0 Å². The van der Waals surface area contributed by atoms with E-state index in [0.717, 1.165) is 29.0 Å². The fourth-order valence-electron chi connectivity index (χ4n) is 1.60. The lowest BCUT2D eigenvalue weighted by Gasteiger charge is -2.00. The molecule has 0 aliphatic rings. The van der Waals surface area contributed by atoms with Crippen molar-refractivity contribution in [1.29, 1.82) is 0 Å². The highest BCUT2D eigenvalue weighted by Crippen LogP contribution is 2.25. The Labute approximate surface area is 93.7 Å². The number of nitrogen functional groups attached to an aromatic ring is 1. The van der Waals surface area contributed by atoms with Gasteiger partial charge in [-0.3, -0.25) is 0 Å². The summed E-state index contributed by atoms with van der Waals surface area (Å²) in [6, 6.07) is 7.72. The third-order valence-corrected chi connectivity index (χ3v) is 2.44. The molecule has 0 aliphatic carbocycles. The minimum Gasteiger partial charge on any atom is -0.428 e. The highest BCUT2D eigenvalue weighted by molar-refractivity contribution is 5.62. The molecule has 4 heteroatoms. The predicted octanol–water partition coefficient (Wildman–Crippen LogP) is 1.98. The zero-order chi connectivity index (χ0) is 11.5. The summed E-state index contributed by atoms with van der Waals surface area (Å²) in [6.07, 6.45) is 0.751. The Kier molecular flexibility index (Phi) is 2.92. The maximum absolute atomic E-state index is 8.95. The molecule has 0 saturated heterocycles. The number of nitrogens with two attached hydrogens (primary N) is 1. The molecular weight excluding hydrogens is 204 g/mol. The van der Waals surface area contributed by atoms with Crippen molar-refractivity contribution in [2.45, 2.75) is 20.0 Å². The van der Waals surface area contributed by atoms with Gasteiger partial charge in [-0.2, -0.15) is 4.98 Å². The van der Waals surface area contributed by atoms with Gasteiger partial charge in [0.05, 0.1) is 6.61 Å². The zero-order valence-electron chi connectivity index (χ0n) is 9.10. The minimum atomic E-state index is 0.0435. The molecular formula is C12H14N2O2. The molecule has 0 saturated carbocycles. The summed E-state index contributed by atoms with van der Waals surface area (Å²) >= 11 is 0. The summed E-state index contributed by atoms with van der Waals surface area (Å²) in [4.78, 5) is 4.16. The summed E-state index contributed by atoms with van der Waals surface area (Å²) in [5.74, 6) is 0.786. The Balaban J connectivity index is 2.41. The molecule has 2 rings (SSSR count). The summed E-state index contributed by atoms with van der Waals surface area (Å²) < 4.78 is 5.29. The highest BCUT2D eigenvalue weighted by Gasteiger charge is 2.11. The Hall–Kier alpha value is -1.81. The van der Waals surface area contributed by atoms with Gasteiger partial charge in [0.2, 0.25) is 0 Å². The van der Waals surface area contributed by atoms with Crippen molar-refractivity contribution in [2.75, 3.05) is 5.73 Å².